The van der Waals surface area contributed by atoms with Gasteiger partial charge in [-0.25, -0.2) is 9.97 Å². The standard InChI is InChI=1S/C13H12ClN3/c1-8-4-5-15-7-10(8)13-16-11(9-2-3-9)6-12(14)17-13/h4-7,9H,2-3H2,1H3. The second-order valence-corrected chi connectivity index (χ2v) is 4.79. The number of aryl methyl sites for hydroxylation is 1. The number of hydrogen-bond donors (Lipinski definition) is 0. The van der Waals surface area contributed by atoms with Crippen LogP contribution in [0.25, 0.3) is 11.4 Å². The molecule has 3 rings (SSSR count). The maximum atomic E-state index is 6.05. The summed E-state index contributed by atoms with van der Waals surface area (Å²) in [4.78, 5) is 13.0. The van der Waals surface area contributed by atoms with Gasteiger partial charge in [-0.05, 0) is 37.5 Å². The van der Waals surface area contributed by atoms with Crippen molar-refractivity contribution in [1.82, 2.24) is 15.0 Å². The van der Waals surface area contributed by atoms with E-state index >= 15 is 0 Å². The molecule has 0 aliphatic heterocycles. The molecule has 0 spiro atoms. The summed E-state index contributed by atoms with van der Waals surface area (Å²) in [6, 6.07) is 3.82. The van der Waals surface area contributed by atoms with Gasteiger partial charge in [-0.2, -0.15) is 0 Å². The molecule has 2 aromatic heterocycles. The number of rotatable bonds is 2. The molecule has 17 heavy (non-hydrogen) atoms. The zero-order valence-corrected chi connectivity index (χ0v) is 10.3. The average molecular weight is 246 g/mol. The van der Waals surface area contributed by atoms with Gasteiger partial charge in [-0.3, -0.25) is 4.98 Å². The number of hydrogen-bond acceptors (Lipinski definition) is 3. The first-order valence-corrected chi connectivity index (χ1v) is 6.07. The summed E-state index contributed by atoms with van der Waals surface area (Å²) in [5.41, 5.74) is 3.13. The van der Waals surface area contributed by atoms with Gasteiger partial charge in [0.05, 0.1) is 0 Å². The number of nitrogens with zero attached hydrogens (tertiary/aromatic N) is 3. The minimum absolute atomic E-state index is 0.514. The molecule has 86 valence electrons. The number of pyridine rings is 1. The molecule has 0 bridgehead atoms. The van der Waals surface area contributed by atoms with E-state index in [0.29, 0.717) is 16.9 Å². The molecule has 1 fully saturated rings. The van der Waals surface area contributed by atoms with Crippen molar-refractivity contribution in [3.63, 3.8) is 0 Å². The Labute approximate surface area is 105 Å². The van der Waals surface area contributed by atoms with Crippen LogP contribution in [0.4, 0.5) is 0 Å². The van der Waals surface area contributed by atoms with Gasteiger partial charge >= 0.3 is 0 Å². The van der Waals surface area contributed by atoms with Gasteiger partial charge in [-0.15, -0.1) is 0 Å². The fraction of sp³-hybridized carbons (Fsp3) is 0.308. The summed E-state index contributed by atoms with van der Waals surface area (Å²) in [6.45, 7) is 2.03. The van der Waals surface area contributed by atoms with Gasteiger partial charge in [0.1, 0.15) is 5.15 Å². The molecule has 0 N–H and O–H groups in total. The molecular weight excluding hydrogens is 234 g/mol. The number of halogens is 1. The second kappa shape index (κ2) is 4.08. The molecule has 1 aliphatic carbocycles. The average Bonchev–Trinajstić information content (AvgIpc) is 3.12. The zero-order valence-electron chi connectivity index (χ0n) is 9.52. The quantitative estimate of drug-likeness (QED) is 0.762. The van der Waals surface area contributed by atoms with E-state index in [4.69, 9.17) is 11.6 Å². The van der Waals surface area contributed by atoms with E-state index in [1.165, 1.54) is 12.8 Å². The van der Waals surface area contributed by atoms with Crippen LogP contribution >= 0.6 is 11.6 Å². The fourth-order valence-corrected chi connectivity index (χ4v) is 2.03. The molecule has 3 nitrogen and oxygen atoms in total. The van der Waals surface area contributed by atoms with Crippen LogP contribution in [0.2, 0.25) is 5.15 Å². The summed E-state index contributed by atoms with van der Waals surface area (Å²) in [7, 11) is 0. The first-order chi connectivity index (χ1) is 8.24. The lowest BCUT2D eigenvalue weighted by atomic mass is 10.1. The largest absolute Gasteiger partial charge is 0.264 e. The van der Waals surface area contributed by atoms with E-state index in [1.807, 2.05) is 19.1 Å². The lowest BCUT2D eigenvalue weighted by Crippen LogP contribution is -1.96. The van der Waals surface area contributed by atoms with Crippen molar-refractivity contribution >= 4 is 11.6 Å². The normalized spacial score (nSPS) is 14.9. The van der Waals surface area contributed by atoms with Crippen LogP contribution in [0.3, 0.4) is 0 Å². The van der Waals surface area contributed by atoms with Gasteiger partial charge < -0.3 is 0 Å². The van der Waals surface area contributed by atoms with Crippen LogP contribution < -0.4 is 0 Å². The van der Waals surface area contributed by atoms with Gasteiger partial charge in [0.15, 0.2) is 5.82 Å². The molecule has 0 unspecified atom stereocenters. The van der Waals surface area contributed by atoms with Crippen molar-refractivity contribution in [2.24, 2.45) is 0 Å². The molecule has 0 atom stereocenters. The van der Waals surface area contributed by atoms with E-state index in [-0.39, 0.29) is 0 Å². The Morgan fingerprint density at radius 2 is 2.12 bits per heavy atom. The van der Waals surface area contributed by atoms with Crippen molar-refractivity contribution < 1.29 is 0 Å². The molecule has 2 aromatic rings. The Morgan fingerprint density at radius 1 is 1.29 bits per heavy atom. The molecule has 4 heteroatoms. The molecule has 1 saturated carbocycles. The lowest BCUT2D eigenvalue weighted by molar-refractivity contribution is 0.991. The highest BCUT2D eigenvalue weighted by molar-refractivity contribution is 6.29. The lowest BCUT2D eigenvalue weighted by Gasteiger charge is -2.06. The van der Waals surface area contributed by atoms with Gasteiger partial charge in [0.2, 0.25) is 0 Å². The SMILES string of the molecule is Cc1ccncc1-c1nc(Cl)cc(C2CC2)n1. The van der Waals surface area contributed by atoms with Crippen molar-refractivity contribution in [1.29, 1.82) is 0 Å². The van der Waals surface area contributed by atoms with Crippen molar-refractivity contribution in [3.8, 4) is 11.4 Å². The summed E-state index contributed by atoms with van der Waals surface area (Å²) in [5.74, 6) is 1.26. The van der Waals surface area contributed by atoms with Crippen LogP contribution in [0.15, 0.2) is 24.5 Å². The predicted octanol–water partition coefficient (Wildman–Crippen LogP) is 3.38. The zero-order chi connectivity index (χ0) is 11.8. The van der Waals surface area contributed by atoms with Gasteiger partial charge in [0.25, 0.3) is 0 Å². The smallest absolute Gasteiger partial charge is 0.162 e. The van der Waals surface area contributed by atoms with Crippen LogP contribution in [-0.2, 0) is 0 Å². The Morgan fingerprint density at radius 3 is 2.82 bits per heavy atom. The minimum atomic E-state index is 0.514. The molecular formula is C13H12ClN3. The third-order valence-electron chi connectivity index (χ3n) is 2.99. The van der Waals surface area contributed by atoms with Crippen LogP contribution in [0.1, 0.15) is 30.0 Å². The topological polar surface area (TPSA) is 38.7 Å². The Hall–Kier alpha value is -1.48. The van der Waals surface area contributed by atoms with E-state index in [1.54, 1.807) is 12.4 Å². The van der Waals surface area contributed by atoms with Gasteiger partial charge in [-0.1, -0.05) is 11.6 Å². The van der Waals surface area contributed by atoms with E-state index in [9.17, 15) is 0 Å². The first kappa shape index (κ1) is 10.7. The molecule has 0 aromatic carbocycles. The van der Waals surface area contributed by atoms with Crippen molar-refractivity contribution in [2.45, 2.75) is 25.7 Å². The van der Waals surface area contributed by atoms with E-state index < -0.39 is 0 Å². The molecule has 0 saturated heterocycles. The van der Waals surface area contributed by atoms with Gasteiger partial charge in [0, 0.05) is 29.6 Å². The molecule has 1 aliphatic rings. The van der Waals surface area contributed by atoms with Crippen LogP contribution in [0.5, 0.6) is 0 Å². The van der Waals surface area contributed by atoms with Crippen molar-refractivity contribution in [3.05, 3.63) is 40.9 Å². The highest BCUT2D eigenvalue weighted by Crippen LogP contribution is 2.40. The number of aromatic nitrogens is 3. The maximum absolute atomic E-state index is 6.05. The summed E-state index contributed by atoms with van der Waals surface area (Å²) < 4.78 is 0. The Bertz CT molecular complexity index is 564. The van der Waals surface area contributed by atoms with Crippen molar-refractivity contribution in [2.75, 3.05) is 0 Å². The Balaban J connectivity index is 2.11. The highest BCUT2D eigenvalue weighted by Gasteiger charge is 2.26. The summed E-state index contributed by atoms with van der Waals surface area (Å²) in [6.07, 6.45) is 5.97. The van der Waals surface area contributed by atoms with Crippen LogP contribution in [0, 0.1) is 6.92 Å². The highest BCUT2D eigenvalue weighted by atomic mass is 35.5. The van der Waals surface area contributed by atoms with E-state index in [2.05, 4.69) is 15.0 Å². The van der Waals surface area contributed by atoms with Crippen LogP contribution in [-0.4, -0.2) is 15.0 Å². The first-order valence-electron chi connectivity index (χ1n) is 5.69. The minimum Gasteiger partial charge on any atom is -0.264 e. The maximum Gasteiger partial charge on any atom is 0.162 e. The molecule has 0 amide bonds. The second-order valence-electron chi connectivity index (χ2n) is 4.40. The third kappa shape index (κ3) is 2.15. The fourth-order valence-electron chi connectivity index (χ4n) is 1.84. The summed E-state index contributed by atoms with van der Waals surface area (Å²) in [5, 5.41) is 0.514. The third-order valence-corrected chi connectivity index (χ3v) is 3.18. The Kier molecular flexibility index (Phi) is 2.56. The predicted molar refractivity (Wildman–Crippen MR) is 67.0 cm³/mol. The molecule has 0 radical (unpaired) electrons. The monoisotopic (exact) mass is 245 g/mol. The molecule has 2 heterocycles. The van der Waals surface area contributed by atoms with E-state index in [0.717, 1.165) is 16.8 Å². The summed E-state index contributed by atoms with van der Waals surface area (Å²) >= 11 is 6.05.